The van der Waals surface area contributed by atoms with Gasteiger partial charge in [0.25, 0.3) is 0 Å². The van der Waals surface area contributed by atoms with Crippen molar-refractivity contribution in [2.24, 2.45) is 0 Å². The number of halogens is 2. The quantitative estimate of drug-likeness (QED) is 0.499. The van der Waals surface area contributed by atoms with Gasteiger partial charge in [0.1, 0.15) is 5.83 Å². The Bertz CT molecular complexity index is 97.6. The third kappa shape index (κ3) is 2.05. The maximum Gasteiger partial charge on any atom is 0.156 e. The molecule has 0 unspecified atom stereocenters. The molecule has 0 aliphatic rings. The highest BCUT2D eigenvalue weighted by Gasteiger charge is 2.20. The Balaban J connectivity index is 4.03. The fraction of sp³-hybridized carbons (Fsp3) is 0.667. The van der Waals surface area contributed by atoms with E-state index < -0.39 is 11.5 Å². The van der Waals surface area contributed by atoms with Crippen LogP contribution >= 0.6 is 0 Å². The first-order chi connectivity index (χ1) is 3.48. The Morgan fingerprint density at radius 1 is 1.50 bits per heavy atom. The molecule has 8 heavy (non-hydrogen) atoms. The minimum atomic E-state index is -1.80. The predicted octanol–water partition coefficient (Wildman–Crippen LogP) is 2.61. The van der Waals surface area contributed by atoms with Crippen molar-refractivity contribution in [1.82, 2.24) is 0 Å². The number of allylic oxidation sites excluding steroid dienone is 2. The zero-order valence-corrected chi connectivity index (χ0v) is 5.33. The van der Waals surface area contributed by atoms with Gasteiger partial charge in [-0.25, -0.2) is 8.78 Å². The molecule has 0 aromatic heterocycles. The summed E-state index contributed by atoms with van der Waals surface area (Å²) in [6.07, 6.45) is 1.12. The van der Waals surface area contributed by atoms with Gasteiger partial charge in [-0.2, -0.15) is 0 Å². The van der Waals surface area contributed by atoms with Crippen LogP contribution in [0.5, 0.6) is 0 Å². The Kier molecular flexibility index (Phi) is 2.13. The summed E-state index contributed by atoms with van der Waals surface area (Å²) >= 11 is 0. The van der Waals surface area contributed by atoms with E-state index in [4.69, 9.17) is 0 Å². The smallest absolute Gasteiger partial charge is 0.156 e. The first-order valence-electron chi connectivity index (χ1n) is 2.49. The van der Waals surface area contributed by atoms with Gasteiger partial charge in [-0.15, -0.1) is 0 Å². The van der Waals surface area contributed by atoms with Crippen LogP contribution in [0, 0.1) is 0 Å². The van der Waals surface area contributed by atoms with Gasteiger partial charge < -0.3 is 0 Å². The number of rotatable bonds is 1. The van der Waals surface area contributed by atoms with E-state index in [1.807, 2.05) is 0 Å². The van der Waals surface area contributed by atoms with Gasteiger partial charge in [-0.05, 0) is 20.8 Å². The van der Waals surface area contributed by atoms with Crippen molar-refractivity contribution in [2.75, 3.05) is 0 Å². The Labute approximate surface area is 48.2 Å². The summed E-state index contributed by atoms with van der Waals surface area (Å²) in [7, 11) is 0. The Morgan fingerprint density at radius 2 is 1.88 bits per heavy atom. The average molecular weight is 120 g/mol. The van der Waals surface area contributed by atoms with Gasteiger partial charge in [0.05, 0.1) is 0 Å². The molecular formula is C6H10F2. The molecule has 0 N–H and O–H groups in total. The van der Waals surface area contributed by atoms with Crippen LogP contribution in [-0.4, -0.2) is 5.67 Å². The summed E-state index contributed by atoms with van der Waals surface area (Å²) in [6.45, 7) is 3.83. The molecule has 0 amide bonds. The first kappa shape index (κ1) is 7.60. The third-order valence-corrected chi connectivity index (χ3v) is 0.821. The summed E-state index contributed by atoms with van der Waals surface area (Å²) in [4.78, 5) is 0. The highest BCUT2D eigenvalue weighted by Crippen LogP contribution is 2.20. The highest BCUT2D eigenvalue weighted by atomic mass is 19.2. The molecule has 0 aromatic carbocycles. The summed E-state index contributed by atoms with van der Waals surface area (Å²) in [6, 6.07) is 0. The normalized spacial score (nSPS) is 14.4. The molecule has 0 saturated carbocycles. The molecule has 0 aliphatic carbocycles. The second-order valence-electron chi connectivity index (χ2n) is 2.11. The summed E-state index contributed by atoms with van der Waals surface area (Å²) < 4.78 is 24.5. The minimum absolute atomic E-state index is 0.711. The van der Waals surface area contributed by atoms with Crippen LogP contribution in [-0.2, 0) is 0 Å². The van der Waals surface area contributed by atoms with Gasteiger partial charge in [0.2, 0.25) is 0 Å². The van der Waals surface area contributed by atoms with Crippen LogP contribution in [0.15, 0.2) is 11.9 Å². The van der Waals surface area contributed by atoms with E-state index in [9.17, 15) is 8.78 Å². The lowest BCUT2D eigenvalue weighted by Crippen LogP contribution is -2.11. The highest BCUT2D eigenvalue weighted by molar-refractivity contribution is 5.03. The SMILES string of the molecule is C/C=C(/F)C(C)(C)F. The maximum atomic E-state index is 12.3. The van der Waals surface area contributed by atoms with Crippen LogP contribution < -0.4 is 0 Å². The lowest BCUT2D eigenvalue weighted by atomic mass is 10.1. The second kappa shape index (κ2) is 2.25. The molecule has 0 rings (SSSR count). The van der Waals surface area contributed by atoms with Gasteiger partial charge in [-0.3, -0.25) is 0 Å². The van der Waals surface area contributed by atoms with Gasteiger partial charge in [-0.1, -0.05) is 6.08 Å². The molecule has 0 nitrogen and oxygen atoms in total. The summed E-state index contributed by atoms with van der Waals surface area (Å²) in [5, 5.41) is 0. The van der Waals surface area contributed by atoms with Crippen LogP contribution in [0.3, 0.4) is 0 Å². The molecular weight excluding hydrogens is 110 g/mol. The Hall–Kier alpha value is -0.400. The number of hydrogen-bond donors (Lipinski definition) is 0. The number of hydrogen-bond acceptors (Lipinski definition) is 0. The van der Waals surface area contributed by atoms with Crippen molar-refractivity contribution >= 4 is 0 Å². The summed E-state index contributed by atoms with van der Waals surface area (Å²) in [5.74, 6) is -0.711. The monoisotopic (exact) mass is 120 g/mol. The third-order valence-electron chi connectivity index (χ3n) is 0.821. The van der Waals surface area contributed by atoms with E-state index in [0.29, 0.717) is 0 Å². The fourth-order valence-corrected chi connectivity index (χ4v) is 0.343. The van der Waals surface area contributed by atoms with Crippen molar-refractivity contribution in [2.45, 2.75) is 26.4 Å². The molecule has 0 spiro atoms. The van der Waals surface area contributed by atoms with Crippen molar-refractivity contribution in [3.05, 3.63) is 11.9 Å². The van der Waals surface area contributed by atoms with Crippen LogP contribution in [0.1, 0.15) is 20.8 Å². The van der Waals surface area contributed by atoms with E-state index in [-0.39, 0.29) is 0 Å². The lowest BCUT2D eigenvalue weighted by molar-refractivity contribution is 0.223. The van der Waals surface area contributed by atoms with E-state index in [1.165, 1.54) is 20.8 Å². The molecule has 0 aliphatic heterocycles. The molecule has 0 fully saturated rings. The zero-order chi connectivity index (χ0) is 6.78. The van der Waals surface area contributed by atoms with Crippen molar-refractivity contribution in [1.29, 1.82) is 0 Å². The topological polar surface area (TPSA) is 0 Å². The molecule has 0 atom stereocenters. The van der Waals surface area contributed by atoms with Gasteiger partial charge in [0, 0.05) is 0 Å². The molecule has 2 heteroatoms. The number of alkyl halides is 1. The standard InChI is InChI=1S/C6H10F2/c1-4-5(7)6(2,3)8/h4H,1-3H3/b5-4+. The van der Waals surface area contributed by atoms with E-state index in [2.05, 4.69) is 0 Å². The van der Waals surface area contributed by atoms with Crippen LogP contribution in [0.2, 0.25) is 0 Å². The van der Waals surface area contributed by atoms with Gasteiger partial charge in [0.15, 0.2) is 5.67 Å². The van der Waals surface area contributed by atoms with Crippen LogP contribution in [0.4, 0.5) is 8.78 Å². The average Bonchev–Trinajstić information content (AvgIpc) is 1.62. The first-order valence-corrected chi connectivity index (χ1v) is 2.49. The molecule has 0 bridgehead atoms. The van der Waals surface area contributed by atoms with Crippen LogP contribution in [0.25, 0.3) is 0 Å². The largest absolute Gasteiger partial charge is 0.237 e. The summed E-state index contributed by atoms with van der Waals surface area (Å²) in [5.41, 5.74) is -1.80. The minimum Gasteiger partial charge on any atom is -0.237 e. The second-order valence-corrected chi connectivity index (χ2v) is 2.11. The molecule has 0 radical (unpaired) electrons. The molecule has 0 aromatic rings. The molecule has 0 saturated heterocycles. The van der Waals surface area contributed by atoms with E-state index in [1.54, 1.807) is 0 Å². The molecule has 48 valence electrons. The van der Waals surface area contributed by atoms with Gasteiger partial charge >= 0.3 is 0 Å². The lowest BCUT2D eigenvalue weighted by Gasteiger charge is -2.09. The Morgan fingerprint density at radius 3 is 1.88 bits per heavy atom. The fourth-order valence-electron chi connectivity index (χ4n) is 0.343. The molecule has 0 heterocycles. The van der Waals surface area contributed by atoms with E-state index in [0.717, 1.165) is 6.08 Å². The van der Waals surface area contributed by atoms with Crippen molar-refractivity contribution in [3.63, 3.8) is 0 Å². The van der Waals surface area contributed by atoms with Crippen molar-refractivity contribution in [3.8, 4) is 0 Å². The zero-order valence-electron chi connectivity index (χ0n) is 5.33. The predicted molar refractivity (Wildman–Crippen MR) is 30.1 cm³/mol. The van der Waals surface area contributed by atoms with Crippen molar-refractivity contribution < 1.29 is 8.78 Å². The maximum absolute atomic E-state index is 12.3. The van der Waals surface area contributed by atoms with E-state index >= 15 is 0 Å².